The maximum Gasteiger partial charge on any atom is 0.0331 e. The van der Waals surface area contributed by atoms with Gasteiger partial charge in [0.25, 0.3) is 0 Å². The second-order valence-corrected chi connectivity index (χ2v) is 5.12. The average molecular weight is 210 g/mol. The number of nitrogens with one attached hydrogen (secondary N) is 1. The maximum absolute atomic E-state index is 3.47. The highest BCUT2D eigenvalue weighted by atomic mass is 32.1. The fourth-order valence-corrected chi connectivity index (χ4v) is 2.87. The van der Waals surface area contributed by atoms with Gasteiger partial charge in [0.05, 0.1) is 0 Å². The maximum atomic E-state index is 3.47. The summed E-state index contributed by atoms with van der Waals surface area (Å²) in [5.74, 6) is 0. The summed E-state index contributed by atoms with van der Waals surface area (Å²) in [6.07, 6.45) is 0. The highest BCUT2D eigenvalue weighted by Crippen LogP contribution is 2.18. The zero-order valence-corrected chi connectivity index (χ0v) is 9.73. The summed E-state index contributed by atoms with van der Waals surface area (Å²) in [5.41, 5.74) is 1.45. The molecule has 0 amide bonds. The van der Waals surface area contributed by atoms with Crippen LogP contribution in [-0.2, 0) is 6.54 Å². The lowest BCUT2D eigenvalue weighted by atomic mass is 10.2. The Labute approximate surface area is 89.9 Å². The molecule has 1 N–H and O–H groups in total. The Kier molecular flexibility index (Phi) is 3.21. The summed E-state index contributed by atoms with van der Waals surface area (Å²) in [4.78, 5) is 4.07. The highest BCUT2D eigenvalue weighted by Gasteiger charge is 2.16. The van der Waals surface area contributed by atoms with E-state index < -0.39 is 0 Å². The van der Waals surface area contributed by atoms with Crippen LogP contribution < -0.4 is 5.32 Å². The Balaban J connectivity index is 1.94. The van der Waals surface area contributed by atoms with Crippen LogP contribution in [0.3, 0.4) is 0 Å². The van der Waals surface area contributed by atoms with Gasteiger partial charge in [0.1, 0.15) is 0 Å². The predicted molar refractivity (Wildman–Crippen MR) is 61.8 cm³/mol. The van der Waals surface area contributed by atoms with Gasteiger partial charge in [-0.2, -0.15) is 0 Å². The summed E-state index contributed by atoms with van der Waals surface area (Å²) in [5, 5.41) is 5.66. The van der Waals surface area contributed by atoms with Crippen LogP contribution in [0.1, 0.15) is 17.4 Å². The van der Waals surface area contributed by atoms with E-state index in [0.717, 1.165) is 13.1 Å². The first-order valence-electron chi connectivity index (χ1n) is 5.24. The highest BCUT2D eigenvalue weighted by molar-refractivity contribution is 7.10. The van der Waals surface area contributed by atoms with Crippen molar-refractivity contribution in [3.8, 4) is 0 Å². The van der Waals surface area contributed by atoms with Crippen LogP contribution in [-0.4, -0.2) is 30.6 Å². The third-order valence-corrected chi connectivity index (χ3v) is 3.80. The monoisotopic (exact) mass is 210 g/mol. The molecule has 1 aromatic rings. The van der Waals surface area contributed by atoms with E-state index in [9.17, 15) is 0 Å². The topological polar surface area (TPSA) is 15.3 Å². The number of piperazine rings is 1. The molecule has 0 bridgehead atoms. The van der Waals surface area contributed by atoms with Gasteiger partial charge in [0.2, 0.25) is 0 Å². The molecular weight excluding hydrogens is 192 g/mol. The quantitative estimate of drug-likeness (QED) is 0.801. The first-order chi connectivity index (χ1) is 6.75. The molecule has 0 radical (unpaired) electrons. The molecule has 0 aliphatic carbocycles. The fraction of sp³-hybridized carbons (Fsp3) is 0.636. The van der Waals surface area contributed by atoms with Crippen LogP contribution in [0.15, 0.2) is 11.4 Å². The van der Waals surface area contributed by atoms with E-state index in [0.29, 0.717) is 6.04 Å². The van der Waals surface area contributed by atoms with Gasteiger partial charge >= 0.3 is 0 Å². The molecule has 1 aromatic heterocycles. The number of thiophene rings is 1. The van der Waals surface area contributed by atoms with Gasteiger partial charge in [0, 0.05) is 37.1 Å². The van der Waals surface area contributed by atoms with Crippen molar-refractivity contribution in [1.29, 1.82) is 0 Å². The van der Waals surface area contributed by atoms with Gasteiger partial charge in [-0.05, 0) is 30.9 Å². The van der Waals surface area contributed by atoms with Crippen LogP contribution in [0.25, 0.3) is 0 Å². The summed E-state index contributed by atoms with van der Waals surface area (Å²) in [7, 11) is 0. The van der Waals surface area contributed by atoms with Gasteiger partial charge in [0.15, 0.2) is 0 Å². The van der Waals surface area contributed by atoms with E-state index in [4.69, 9.17) is 0 Å². The molecule has 1 aliphatic heterocycles. The molecule has 1 atom stereocenters. The Morgan fingerprint density at radius 1 is 1.64 bits per heavy atom. The molecular formula is C11H18N2S. The normalized spacial score (nSPS) is 24.0. The molecule has 2 nitrogen and oxygen atoms in total. The van der Waals surface area contributed by atoms with Crippen molar-refractivity contribution in [2.45, 2.75) is 26.4 Å². The van der Waals surface area contributed by atoms with Crippen molar-refractivity contribution in [2.75, 3.05) is 19.6 Å². The van der Waals surface area contributed by atoms with E-state index in [1.807, 2.05) is 11.3 Å². The Hall–Kier alpha value is -0.380. The molecule has 0 saturated carbocycles. The van der Waals surface area contributed by atoms with Gasteiger partial charge in [-0.15, -0.1) is 11.3 Å². The van der Waals surface area contributed by atoms with Crippen molar-refractivity contribution in [3.63, 3.8) is 0 Å². The smallest absolute Gasteiger partial charge is 0.0331 e. The van der Waals surface area contributed by atoms with Crippen molar-refractivity contribution in [3.05, 3.63) is 21.9 Å². The molecule has 0 spiro atoms. The first-order valence-corrected chi connectivity index (χ1v) is 6.12. The molecule has 1 unspecified atom stereocenters. The minimum atomic E-state index is 0.643. The SMILES string of the molecule is Cc1ccsc1CN1CCNC(C)C1. The Morgan fingerprint density at radius 2 is 2.50 bits per heavy atom. The number of hydrogen-bond acceptors (Lipinski definition) is 3. The van der Waals surface area contributed by atoms with E-state index in [1.165, 1.54) is 23.5 Å². The molecule has 2 rings (SSSR count). The fourth-order valence-electron chi connectivity index (χ4n) is 1.92. The van der Waals surface area contributed by atoms with Crippen LogP contribution in [0.2, 0.25) is 0 Å². The summed E-state index contributed by atoms with van der Waals surface area (Å²) >= 11 is 1.88. The Bertz CT molecular complexity index is 295. The summed E-state index contributed by atoms with van der Waals surface area (Å²) < 4.78 is 0. The molecule has 3 heteroatoms. The predicted octanol–water partition coefficient (Wildman–Crippen LogP) is 1.85. The minimum Gasteiger partial charge on any atom is -0.312 e. The van der Waals surface area contributed by atoms with Crippen molar-refractivity contribution in [2.24, 2.45) is 0 Å². The van der Waals surface area contributed by atoms with Gasteiger partial charge < -0.3 is 5.32 Å². The van der Waals surface area contributed by atoms with Crippen molar-refractivity contribution >= 4 is 11.3 Å². The van der Waals surface area contributed by atoms with Crippen molar-refractivity contribution in [1.82, 2.24) is 10.2 Å². The molecule has 14 heavy (non-hydrogen) atoms. The van der Waals surface area contributed by atoms with E-state index in [-0.39, 0.29) is 0 Å². The zero-order valence-electron chi connectivity index (χ0n) is 8.92. The second kappa shape index (κ2) is 4.43. The largest absolute Gasteiger partial charge is 0.312 e. The molecule has 2 heterocycles. The molecule has 0 aromatic carbocycles. The van der Waals surface area contributed by atoms with Crippen LogP contribution in [0.5, 0.6) is 0 Å². The zero-order chi connectivity index (χ0) is 9.97. The summed E-state index contributed by atoms with van der Waals surface area (Å²) in [6.45, 7) is 9.09. The Morgan fingerprint density at radius 3 is 3.14 bits per heavy atom. The van der Waals surface area contributed by atoms with Crippen LogP contribution in [0.4, 0.5) is 0 Å². The first kappa shape index (κ1) is 10.1. The lowest BCUT2D eigenvalue weighted by Crippen LogP contribution is -2.48. The van der Waals surface area contributed by atoms with Gasteiger partial charge in [-0.3, -0.25) is 4.90 Å². The standard InChI is InChI=1S/C11H18N2S/c1-9-3-6-14-11(9)8-13-5-4-12-10(2)7-13/h3,6,10,12H,4-5,7-8H2,1-2H3. The van der Waals surface area contributed by atoms with Gasteiger partial charge in [-0.1, -0.05) is 0 Å². The van der Waals surface area contributed by atoms with Crippen LogP contribution in [0, 0.1) is 6.92 Å². The van der Waals surface area contributed by atoms with E-state index in [1.54, 1.807) is 0 Å². The molecule has 1 aliphatic rings. The molecule has 1 fully saturated rings. The molecule has 78 valence electrons. The van der Waals surface area contributed by atoms with E-state index in [2.05, 4.69) is 35.5 Å². The third-order valence-electron chi connectivity index (χ3n) is 2.79. The molecule has 1 saturated heterocycles. The van der Waals surface area contributed by atoms with Gasteiger partial charge in [-0.25, -0.2) is 0 Å². The second-order valence-electron chi connectivity index (χ2n) is 4.12. The minimum absolute atomic E-state index is 0.643. The van der Waals surface area contributed by atoms with E-state index >= 15 is 0 Å². The number of rotatable bonds is 2. The number of hydrogen-bond donors (Lipinski definition) is 1. The third kappa shape index (κ3) is 2.35. The number of nitrogens with zero attached hydrogens (tertiary/aromatic N) is 1. The summed E-state index contributed by atoms with van der Waals surface area (Å²) in [6, 6.07) is 2.86. The van der Waals surface area contributed by atoms with Crippen molar-refractivity contribution < 1.29 is 0 Å². The number of aryl methyl sites for hydroxylation is 1. The lowest BCUT2D eigenvalue weighted by molar-refractivity contribution is 0.201. The lowest BCUT2D eigenvalue weighted by Gasteiger charge is -2.31. The van der Waals surface area contributed by atoms with Crippen LogP contribution >= 0.6 is 11.3 Å². The average Bonchev–Trinajstić information content (AvgIpc) is 2.52.